The van der Waals surface area contributed by atoms with Crippen LogP contribution in [-0.2, 0) is 12.8 Å². The average molecular weight is 472 g/mol. The molecule has 0 amide bonds. The number of pyridine rings is 1. The van der Waals surface area contributed by atoms with Crippen molar-refractivity contribution in [2.45, 2.75) is 18.9 Å². The molecule has 0 radical (unpaired) electrons. The van der Waals surface area contributed by atoms with Gasteiger partial charge in [-0.05, 0) is 63.7 Å². The molecule has 1 N–H and O–H groups in total. The number of nitrogens with one attached hydrogen (secondary N) is 1. The van der Waals surface area contributed by atoms with Gasteiger partial charge in [-0.3, -0.25) is 9.88 Å². The van der Waals surface area contributed by atoms with E-state index in [0.29, 0.717) is 0 Å². The van der Waals surface area contributed by atoms with Gasteiger partial charge in [0.2, 0.25) is 0 Å². The fraction of sp³-hybridized carbons (Fsp3) is 0.389. The molecule has 2 aromatic rings. The van der Waals surface area contributed by atoms with Crippen molar-refractivity contribution in [3.63, 3.8) is 0 Å². The number of fused-ring (bicyclic) bond motifs is 2. The lowest BCUT2D eigenvalue weighted by atomic mass is 9.96. The third kappa shape index (κ3) is 3.17. The van der Waals surface area contributed by atoms with E-state index in [1.807, 2.05) is 12.3 Å². The number of aromatic nitrogens is 1. The van der Waals surface area contributed by atoms with Crippen LogP contribution >= 0.6 is 43.5 Å². The van der Waals surface area contributed by atoms with Gasteiger partial charge in [0, 0.05) is 46.3 Å². The lowest BCUT2D eigenvalue weighted by Crippen LogP contribution is -2.45. The van der Waals surface area contributed by atoms with Crippen LogP contribution in [0.25, 0.3) is 0 Å². The Kier molecular flexibility index (Phi) is 4.98. The summed E-state index contributed by atoms with van der Waals surface area (Å²) in [6.45, 7) is 4.08. The number of rotatable bonds is 1. The lowest BCUT2D eigenvalue weighted by molar-refractivity contribution is 0.194. The Hall–Kier alpha value is -0.460. The highest BCUT2D eigenvalue weighted by Gasteiger charge is 2.32. The van der Waals surface area contributed by atoms with E-state index in [-0.39, 0.29) is 6.04 Å². The van der Waals surface area contributed by atoms with Crippen molar-refractivity contribution in [2.75, 3.05) is 26.2 Å². The number of piperazine rings is 1. The third-order valence-electron chi connectivity index (χ3n) is 4.86. The highest BCUT2D eigenvalue weighted by molar-refractivity contribution is 9.10. The van der Waals surface area contributed by atoms with Crippen LogP contribution in [-0.4, -0.2) is 36.1 Å². The SMILES string of the molecule is Clc1cc(Br)c2c(c1)CCc1cc(Br)cnc1[C@@H]2N1CCNCC1. The van der Waals surface area contributed by atoms with Crippen LogP contribution < -0.4 is 5.32 Å². The van der Waals surface area contributed by atoms with Crippen LogP contribution in [0, 0.1) is 0 Å². The Morgan fingerprint density at radius 2 is 1.83 bits per heavy atom. The van der Waals surface area contributed by atoms with Crippen LogP contribution in [0.2, 0.25) is 5.02 Å². The second-order valence-electron chi connectivity index (χ2n) is 6.35. The van der Waals surface area contributed by atoms with Gasteiger partial charge in [0.15, 0.2) is 0 Å². The standard InChI is InChI=1S/C18H18Br2ClN3/c19-13-7-12-2-1-11-8-14(21)9-15(20)16(11)18(17(12)23-10-13)24-5-3-22-4-6-24/h7-10,18,22H,1-6H2/t18-/m1/s1. The molecule has 6 heteroatoms. The van der Waals surface area contributed by atoms with Crippen molar-refractivity contribution in [1.82, 2.24) is 15.2 Å². The minimum absolute atomic E-state index is 0.180. The Balaban J connectivity index is 1.91. The van der Waals surface area contributed by atoms with Gasteiger partial charge in [-0.2, -0.15) is 0 Å². The number of hydrogen-bond acceptors (Lipinski definition) is 3. The molecule has 2 heterocycles. The fourth-order valence-electron chi connectivity index (χ4n) is 3.79. The van der Waals surface area contributed by atoms with E-state index in [0.717, 1.165) is 53.0 Å². The molecular formula is C18H18Br2ClN3. The molecule has 1 aromatic heterocycles. The highest BCUT2D eigenvalue weighted by Crippen LogP contribution is 2.41. The lowest BCUT2D eigenvalue weighted by Gasteiger charge is -2.36. The van der Waals surface area contributed by atoms with Crippen molar-refractivity contribution in [1.29, 1.82) is 0 Å². The largest absolute Gasteiger partial charge is 0.314 e. The maximum absolute atomic E-state index is 6.33. The molecule has 24 heavy (non-hydrogen) atoms. The Morgan fingerprint density at radius 1 is 1.08 bits per heavy atom. The van der Waals surface area contributed by atoms with E-state index in [4.69, 9.17) is 16.6 Å². The van der Waals surface area contributed by atoms with E-state index >= 15 is 0 Å². The quantitative estimate of drug-likeness (QED) is 0.670. The number of halogens is 3. The average Bonchev–Trinajstić information content (AvgIpc) is 2.72. The maximum atomic E-state index is 6.33. The topological polar surface area (TPSA) is 28.2 Å². The van der Waals surface area contributed by atoms with Crippen molar-refractivity contribution >= 4 is 43.5 Å². The molecule has 1 fully saturated rings. The van der Waals surface area contributed by atoms with Gasteiger partial charge in [-0.15, -0.1) is 0 Å². The van der Waals surface area contributed by atoms with E-state index in [1.54, 1.807) is 0 Å². The molecule has 0 bridgehead atoms. The molecule has 1 aliphatic heterocycles. The van der Waals surface area contributed by atoms with E-state index in [2.05, 4.69) is 54.2 Å². The van der Waals surface area contributed by atoms with Crippen LogP contribution in [0.4, 0.5) is 0 Å². The zero-order valence-corrected chi connectivity index (χ0v) is 17.1. The first-order valence-electron chi connectivity index (χ1n) is 8.20. The summed E-state index contributed by atoms with van der Waals surface area (Å²) in [6, 6.07) is 6.54. The van der Waals surface area contributed by atoms with Gasteiger partial charge in [-0.25, -0.2) is 0 Å². The summed E-state index contributed by atoms with van der Waals surface area (Å²) in [5.41, 5.74) is 5.16. The van der Waals surface area contributed by atoms with Gasteiger partial charge in [-0.1, -0.05) is 27.5 Å². The van der Waals surface area contributed by atoms with E-state index in [1.165, 1.54) is 22.4 Å². The van der Waals surface area contributed by atoms with Crippen LogP contribution in [0.3, 0.4) is 0 Å². The first-order valence-corrected chi connectivity index (χ1v) is 10.2. The predicted molar refractivity (Wildman–Crippen MR) is 105 cm³/mol. The summed E-state index contributed by atoms with van der Waals surface area (Å²) >= 11 is 13.7. The normalized spacial score (nSPS) is 21.0. The first-order chi connectivity index (χ1) is 11.6. The van der Waals surface area contributed by atoms with E-state index in [9.17, 15) is 0 Å². The number of nitrogens with zero attached hydrogens (tertiary/aromatic N) is 2. The summed E-state index contributed by atoms with van der Waals surface area (Å²) in [6.07, 6.45) is 3.90. The van der Waals surface area contributed by atoms with Crippen molar-refractivity contribution < 1.29 is 0 Å². The Bertz CT molecular complexity index is 775. The minimum atomic E-state index is 0.180. The van der Waals surface area contributed by atoms with Crippen LogP contribution in [0.5, 0.6) is 0 Å². The molecule has 4 rings (SSSR count). The zero-order chi connectivity index (χ0) is 16.7. The molecule has 0 saturated carbocycles. The van der Waals surface area contributed by atoms with Crippen LogP contribution in [0.1, 0.15) is 28.4 Å². The maximum Gasteiger partial charge on any atom is 0.0793 e. The summed E-state index contributed by atoms with van der Waals surface area (Å²) in [5, 5.41) is 4.24. The molecule has 1 atom stereocenters. The second kappa shape index (κ2) is 7.04. The third-order valence-corrected chi connectivity index (χ3v) is 6.17. The fourth-order valence-corrected chi connectivity index (χ4v) is 5.26. The molecule has 0 unspecified atom stereocenters. The molecule has 1 aliphatic carbocycles. The molecule has 1 saturated heterocycles. The Labute approximate surface area is 164 Å². The molecule has 0 spiro atoms. The molecule has 126 valence electrons. The zero-order valence-electron chi connectivity index (χ0n) is 13.2. The monoisotopic (exact) mass is 469 g/mol. The first kappa shape index (κ1) is 17.0. The predicted octanol–water partition coefficient (Wildman–Crippen LogP) is 4.35. The number of benzene rings is 1. The minimum Gasteiger partial charge on any atom is -0.314 e. The van der Waals surface area contributed by atoms with Gasteiger partial charge < -0.3 is 5.32 Å². The highest BCUT2D eigenvalue weighted by atomic mass is 79.9. The second-order valence-corrected chi connectivity index (χ2v) is 8.55. The van der Waals surface area contributed by atoms with Crippen molar-refractivity contribution in [2.24, 2.45) is 0 Å². The molecule has 3 nitrogen and oxygen atoms in total. The molecule has 2 aliphatic rings. The molecular weight excluding hydrogens is 453 g/mol. The van der Waals surface area contributed by atoms with Gasteiger partial charge in [0.05, 0.1) is 11.7 Å². The van der Waals surface area contributed by atoms with Crippen LogP contribution in [0.15, 0.2) is 33.3 Å². The molecule has 1 aromatic carbocycles. The smallest absolute Gasteiger partial charge is 0.0793 e. The van der Waals surface area contributed by atoms with Gasteiger partial charge in [0.1, 0.15) is 0 Å². The summed E-state index contributed by atoms with van der Waals surface area (Å²) in [4.78, 5) is 7.38. The number of hydrogen-bond donors (Lipinski definition) is 1. The Morgan fingerprint density at radius 3 is 2.62 bits per heavy atom. The summed E-state index contributed by atoms with van der Waals surface area (Å²) in [5.74, 6) is 0. The summed E-state index contributed by atoms with van der Waals surface area (Å²) in [7, 11) is 0. The van der Waals surface area contributed by atoms with E-state index < -0.39 is 0 Å². The van der Waals surface area contributed by atoms with Crippen molar-refractivity contribution in [3.8, 4) is 0 Å². The van der Waals surface area contributed by atoms with Crippen molar-refractivity contribution in [3.05, 3.63) is 60.7 Å². The van der Waals surface area contributed by atoms with Gasteiger partial charge >= 0.3 is 0 Å². The summed E-state index contributed by atoms with van der Waals surface area (Å²) < 4.78 is 2.13. The van der Waals surface area contributed by atoms with Gasteiger partial charge in [0.25, 0.3) is 0 Å². The number of aryl methyl sites for hydroxylation is 2.